The van der Waals surface area contributed by atoms with Gasteiger partial charge in [0.15, 0.2) is 11.6 Å². The van der Waals surface area contributed by atoms with Crippen molar-refractivity contribution in [2.45, 2.75) is 198 Å². The molecule has 5 fully saturated rings. The Hall–Kier alpha value is -1.48. The van der Waals surface area contributed by atoms with Gasteiger partial charge in [0.1, 0.15) is 11.3 Å². The lowest BCUT2D eigenvalue weighted by atomic mass is 9.72. The van der Waals surface area contributed by atoms with Crippen LogP contribution in [0.4, 0.5) is 0 Å². The number of aliphatic hydroxyl groups excluding tert-OH is 1. The molecule has 12 nitrogen and oxygen atoms in total. The van der Waals surface area contributed by atoms with E-state index >= 15 is 0 Å². The molecule has 1 saturated carbocycles. The predicted octanol–water partition coefficient (Wildman–Crippen LogP) is 6.49. The SMILES string of the molecule is CC[C@@H](C(=O)[C@@H](C)[C@@H](O)[C@H](C)[C@@H]1O[C@@H]([C@@H](CC)C(=O)O)CC[C@@H]1C)[C@H]1OC2(C=C[C@]3(NCCC[N+](C)(C)C)C4C[C@@](C)([C@H]5CC[C@](O)(CC)[C@H](C)O5)O[C@]43O2)[C@H](C)C[C@@H]1C. The number of aliphatic carboxylic acids is 1. The maximum absolute atomic E-state index is 14.7. The van der Waals surface area contributed by atoms with Crippen molar-refractivity contribution in [2.75, 3.05) is 34.2 Å². The monoisotopic (exact) mass is 848 g/mol. The van der Waals surface area contributed by atoms with Gasteiger partial charge in [-0.15, -0.1) is 0 Å². The Bertz CT molecular complexity index is 1570. The van der Waals surface area contributed by atoms with Crippen LogP contribution in [-0.4, -0.2) is 131 Å². The van der Waals surface area contributed by atoms with Crippen LogP contribution in [0, 0.1) is 47.3 Å². The lowest BCUT2D eigenvalue weighted by molar-refractivity contribution is -0.870. The van der Waals surface area contributed by atoms with Gasteiger partial charge in [0, 0.05) is 42.6 Å². The van der Waals surface area contributed by atoms with Crippen LogP contribution >= 0.6 is 0 Å². The van der Waals surface area contributed by atoms with Gasteiger partial charge in [0.2, 0.25) is 0 Å². The molecule has 4 saturated heterocycles. The number of ketones is 1. The number of hydrogen-bond acceptors (Lipinski definition) is 10. The van der Waals surface area contributed by atoms with Crippen LogP contribution in [0.15, 0.2) is 12.2 Å². The van der Waals surface area contributed by atoms with E-state index in [0.29, 0.717) is 38.5 Å². The number of nitrogens with zero attached hydrogens (tertiary/aromatic N) is 1. The molecule has 6 aliphatic rings. The molecule has 0 radical (unpaired) electrons. The minimum absolute atomic E-state index is 0.0154. The summed E-state index contributed by atoms with van der Waals surface area (Å²) in [5.74, 6) is -4.99. The van der Waals surface area contributed by atoms with Gasteiger partial charge < -0.3 is 48.8 Å². The maximum atomic E-state index is 14.7. The van der Waals surface area contributed by atoms with E-state index in [9.17, 15) is 24.9 Å². The third-order valence-electron chi connectivity index (χ3n) is 16.6. The third-order valence-corrected chi connectivity index (χ3v) is 16.6. The van der Waals surface area contributed by atoms with Gasteiger partial charge in [-0.3, -0.25) is 9.59 Å². The minimum Gasteiger partial charge on any atom is -0.481 e. The molecule has 0 aromatic rings. The Labute approximate surface area is 361 Å². The van der Waals surface area contributed by atoms with Crippen LogP contribution in [0.1, 0.15) is 133 Å². The van der Waals surface area contributed by atoms with Crippen molar-refractivity contribution in [1.82, 2.24) is 5.32 Å². The fraction of sp³-hybridized carbons (Fsp3) is 0.917. The number of fused-ring (bicyclic) bond motifs is 1. The number of ether oxygens (including phenoxy) is 5. The van der Waals surface area contributed by atoms with Crippen molar-refractivity contribution in [3.05, 3.63) is 12.2 Å². The first-order chi connectivity index (χ1) is 28.0. The molecule has 1 aliphatic carbocycles. The predicted molar refractivity (Wildman–Crippen MR) is 230 cm³/mol. The molecule has 0 aromatic carbocycles. The highest BCUT2D eigenvalue weighted by Gasteiger charge is 2.88. The van der Waals surface area contributed by atoms with Crippen molar-refractivity contribution in [2.24, 2.45) is 47.3 Å². The summed E-state index contributed by atoms with van der Waals surface area (Å²) in [5, 5.41) is 36.9. The number of quaternary nitrogens is 1. The molecule has 2 spiro atoms. The van der Waals surface area contributed by atoms with E-state index in [4.69, 9.17) is 23.7 Å². The molecule has 6 rings (SSSR count). The number of Topliss-reactive ketones (excluding diaryl/α,β-unsaturated/α-hetero) is 1. The highest BCUT2D eigenvalue weighted by molar-refractivity contribution is 5.84. The Morgan fingerprint density at radius 1 is 0.917 bits per heavy atom. The Kier molecular flexibility index (Phi) is 14.0. The average molecular weight is 848 g/mol. The Balaban J connectivity index is 1.22. The van der Waals surface area contributed by atoms with Gasteiger partial charge in [-0.05, 0) is 89.5 Å². The van der Waals surface area contributed by atoms with E-state index in [-0.39, 0.29) is 53.7 Å². The fourth-order valence-electron chi connectivity index (χ4n) is 12.4. The number of carbonyl (C=O) groups excluding carboxylic acids is 1. The van der Waals surface area contributed by atoms with Crippen LogP contribution < -0.4 is 5.32 Å². The smallest absolute Gasteiger partial charge is 0.309 e. The quantitative estimate of drug-likeness (QED) is 0.0722. The highest BCUT2D eigenvalue weighted by Crippen LogP contribution is 2.72. The van der Waals surface area contributed by atoms with E-state index in [0.717, 1.165) is 43.3 Å². The van der Waals surface area contributed by atoms with Crippen molar-refractivity contribution < 1.29 is 53.1 Å². The summed E-state index contributed by atoms with van der Waals surface area (Å²) in [5.41, 5.74) is -2.01. The molecule has 5 heterocycles. The van der Waals surface area contributed by atoms with Crippen LogP contribution in [0.25, 0.3) is 0 Å². The zero-order valence-electron chi connectivity index (χ0n) is 39.4. The molecule has 19 atom stereocenters. The molecule has 344 valence electrons. The summed E-state index contributed by atoms with van der Waals surface area (Å²) >= 11 is 0. The molecule has 0 bridgehead atoms. The van der Waals surface area contributed by atoms with Gasteiger partial charge in [0.05, 0.1) is 81.4 Å². The van der Waals surface area contributed by atoms with Gasteiger partial charge >= 0.3 is 5.97 Å². The normalized spacial score (nSPS) is 45.3. The first-order valence-corrected chi connectivity index (χ1v) is 23.8. The summed E-state index contributed by atoms with van der Waals surface area (Å²) in [6, 6.07) is 0. The van der Waals surface area contributed by atoms with E-state index in [1.165, 1.54) is 0 Å². The Morgan fingerprint density at radius 3 is 2.20 bits per heavy atom. The molecule has 12 heteroatoms. The molecular weight excluding hydrogens is 765 g/mol. The molecule has 2 unspecified atom stereocenters. The highest BCUT2D eigenvalue weighted by atomic mass is 16.8. The topological polar surface area (TPSA) is 153 Å². The number of nitrogens with one attached hydrogen (secondary N) is 1. The molecule has 0 aromatic heterocycles. The van der Waals surface area contributed by atoms with Gasteiger partial charge in [0.25, 0.3) is 0 Å². The van der Waals surface area contributed by atoms with Crippen molar-refractivity contribution >= 4 is 11.8 Å². The fourth-order valence-corrected chi connectivity index (χ4v) is 12.4. The van der Waals surface area contributed by atoms with E-state index in [2.05, 4.69) is 66.3 Å². The zero-order chi connectivity index (χ0) is 44.4. The summed E-state index contributed by atoms with van der Waals surface area (Å²) in [7, 11) is 6.63. The first-order valence-electron chi connectivity index (χ1n) is 23.8. The number of rotatable bonds is 17. The van der Waals surface area contributed by atoms with Crippen molar-refractivity contribution in [3.8, 4) is 0 Å². The second kappa shape index (κ2) is 17.5. The first kappa shape index (κ1) is 48.0. The van der Waals surface area contributed by atoms with Gasteiger partial charge in [-0.2, -0.15) is 0 Å². The number of aliphatic hydroxyl groups is 2. The number of carboxylic acid groups (broad SMARTS) is 1. The lowest BCUT2D eigenvalue weighted by Gasteiger charge is -2.53. The molecular formula is C48H83N2O10+. The zero-order valence-corrected chi connectivity index (χ0v) is 39.4. The average Bonchev–Trinajstić information content (AvgIpc) is 3.55. The van der Waals surface area contributed by atoms with Crippen LogP contribution in [0.2, 0.25) is 0 Å². The standard InChI is InChI=1S/C48H82N2O10/c1-14-34(43(53)54)36-19-18-28(4)41(57-36)32(8)39(51)31(7)40(52)35(15-2)42-29(5)26-30(6)47(58-42)23-22-46(49-24-17-25-50(11,12)13)37-27-44(10,59-48(37,46)60-47)38-20-21-45(55,16-3)33(9)56-38/h22-23,28-39,41-42,49,51,55H,14-21,24-27H2,1-13H3/p+1/t28-,29-,30+,31-,32-,33-,34+,35-,36+,37?,38+,39+,41+,42-,44-,45+,46-,47?,48-/m0/s1. The summed E-state index contributed by atoms with van der Waals surface area (Å²) < 4.78 is 35.9. The third kappa shape index (κ3) is 8.46. The number of carboxylic acids is 1. The summed E-state index contributed by atoms with van der Waals surface area (Å²) in [4.78, 5) is 26.7. The number of hydrogen-bond donors (Lipinski definition) is 4. The molecule has 60 heavy (non-hydrogen) atoms. The minimum atomic E-state index is -1.13. The second-order valence-electron chi connectivity index (χ2n) is 21.7. The van der Waals surface area contributed by atoms with Crippen LogP contribution in [0.5, 0.6) is 0 Å². The maximum Gasteiger partial charge on any atom is 0.309 e. The molecule has 4 N–H and O–H groups in total. The van der Waals surface area contributed by atoms with E-state index in [1.807, 2.05) is 41.5 Å². The van der Waals surface area contributed by atoms with Crippen LogP contribution in [0.3, 0.4) is 0 Å². The Morgan fingerprint density at radius 2 is 1.60 bits per heavy atom. The van der Waals surface area contributed by atoms with E-state index in [1.54, 1.807) is 0 Å². The van der Waals surface area contributed by atoms with E-state index < -0.39 is 70.4 Å². The second-order valence-corrected chi connectivity index (χ2v) is 21.7. The number of carbonyl (C=O) groups is 2. The lowest BCUT2D eigenvalue weighted by Crippen LogP contribution is -2.62. The van der Waals surface area contributed by atoms with Gasteiger partial charge in [-0.25, -0.2) is 0 Å². The molecule has 5 aliphatic heterocycles. The van der Waals surface area contributed by atoms with Gasteiger partial charge in [-0.1, -0.05) is 61.5 Å². The van der Waals surface area contributed by atoms with Crippen molar-refractivity contribution in [3.63, 3.8) is 0 Å². The molecule has 0 amide bonds. The van der Waals surface area contributed by atoms with Crippen LogP contribution in [-0.2, 0) is 33.3 Å². The summed E-state index contributed by atoms with van der Waals surface area (Å²) in [6.45, 7) is 22.0. The largest absolute Gasteiger partial charge is 0.481 e. The van der Waals surface area contributed by atoms with Crippen molar-refractivity contribution in [1.29, 1.82) is 0 Å². The summed E-state index contributed by atoms with van der Waals surface area (Å²) in [6.07, 6.45) is 8.62.